The van der Waals surface area contributed by atoms with E-state index >= 15 is 0 Å². The molecule has 1 N–H and O–H groups in total. The first kappa shape index (κ1) is 15.0. The van der Waals surface area contributed by atoms with Gasteiger partial charge in [-0.15, -0.1) is 0 Å². The number of piperidine rings is 1. The molecule has 0 aromatic carbocycles. The quantitative estimate of drug-likeness (QED) is 0.625. The molecule has 1 rings (SSSR count). The lowest BCUT2D eigenvalue weighted by Crippen LogP contribution is -2.34. The van der Waals surface area contributed by atoms with Crippen LogP contribution >= 0.6 is 0 Å². The van der Waals surface area contributed by atoms with Crippen molar-refractivity contribution in [2.24, 2.45) is 5.92 Å². The van der Waals surface area contributed by atoms with Crippen molar-refractivity contribution in [3.63, 3.8) is 0 Å². The number of likely N-dealkylation sites (tertiary alicyclic amines) is 1. The van der Waals surface area contributed by atoms with Gasteiger partial charge in [-0.3, -0.25) is 0 Å². The maximum absolute atomic E-state index is 8.91. The van der Waals surface area contributed by atoms with E-state index in [-0.39, 0.29) is 0 Å². The van der Waals surface area contributed by atoms with Gasteiger partial charge >= 0.3 is 0 Å². The third-order valence-electron chi connectivity index (χ3n) is 4.07. The van der Waals surface area contributed by atoms with Crippen molar-refractivity contribution in [2.75, 3.05) is 26.2 Å². The summed E-state index contributed by atoms with van der Waals surface area (Å²) in [5.41, 5.74) is 0. The highest BCUT2D eigenvalue weighted by Gasteiger charge is 2.17. The molecule has 1 heterocycles. The monoisotopic (exact) mass is 241 g/mol. The number of rotatable bonds is 9. The molecule has 0 bridgehead atoms. The molecule has 1 saturated heterocycles. The van der Waals surface area contributed by atoms with Crippen LogP contribution in [0.15, 0.2) is 0 Å². The van der Waals surface area contributed by atoms with E-state index in [0.29, 0.717) is 6.61 Å². The minimum absolute atomic E-state index is 0.377. The third-order valence-corrected chi connectivity index (χ3v) is 4.07. The first-order valence-electron chi connectivity index (χ1n) is 7.70. The van der Waals surface area contributed by atoms with E-state index in [0.717, 1.165) is 12.3 Å². The predicted molar refractivity (Wildman–Crippen MR) is 74.2 cm³/mol. The van der Waals surface area contributed by atoms with Crippen molar-refractivity contribution in [2.45, 2.75) is 64.7 Å². The van der Waals surface area contributed by atoms with Crippen molar-refractivity contribution in [1.82, 2.24) is 4.90 Å². The Morgan fingerprint density at radius 2 is 1.65 bits per heavy atom. The number of hydrogen-bond acceptors (Lipinski definition) is 2. The molecule has 102 valence electrons. The van der Waals surface area contributed by atoms with E-state index in [9.17, 15) is 0 Å². The molecular weight excluding hydrogens is 210 g/mol. The number of aliphatic hydroxyl groups is 1. The molecule has 17 heavy (non-hydrogen) atoms. The first-order chi connectivity index (χ1) is 8.36. The standard InChI is InChI=1S/C15H31NO/c1-2-3-4-5-6-7-11-16-12-8-15(9-13-16)10-14-17/h15,17H,2-14H2,1H3. The van der Waals surface area contributed by atoms with Crippen LogP contribution in [0, 0.1) is 5.92 Å². The summed E-state index contributed by atoms with van der Waals surface area (Å²) in [6.07, 6.45) is 12.0. The molecule has 0 aromatic heterocycles. The van der Waals surface area contributed by atoms with E-state index in [1.807, 2.05) is 0 Å². The third kappa shape index (κ3) is 7.05. The Balaban J connectivity index is 1.91. The average Bonchev–Trinajstić information content (AvgIpc) is 2.36. The van der Waals surface area contributed by atoms with Gasteiger partial charge in [0.25, 0.3) is 0 Å². The van der Waals surface area contributed by atoms with Crippen molar-refractivity contribution >= 4 is 0 Å². The lowest BCUT2D eigenvalue weighted by molar-refractivity contribution is 0.156. The Bertz CT molecular complexity index is 164. The summed E-state index contributed by atoms with van der Waals surface area (Å²) in [4.78, 5) is 2.62. The Morgan fingerprint density at radius 3 is 2.29 bits per heavy atom. The molecule has 2 heteroatoms. The van der Waals surface area contributed by atoms with E-state index in [1.54, 1.807) is 0 Å². The van der Waals surface area contributed by atoms with Crippen LogP contribution in [0.3, 0.4) is 0 Å². The largest absolute Gasteiger partial charge is 0.396 e. The normalized spacial score (nSPS) is 18.7. The zero-order valence-corrected chi connectivity index (χ0v) is 11.7. The molecule has 1 aliphatic heterocycles. The number of nitrogens with zero attached hydrogens (tertiary/aromatic N) is 1. The van der Waals surface area contributed by atoms with E-state index in [4.69, 9.17) is 5.11 Å². The molecule has 0 unspecified atom stereocenters. The maximum atomic E-state index is 8.91. The second-order valence-corrected chi connectivity index (χ2v) is 5.57. The molecule has 1 fully saturated rings. The highest BCUT2D eigenvalue weighted by atomic mass is 16.3. The fourth-order valence-corrected chi connectivity index (χ4v) is 2.80. The summed E-state index contributed by atoms with van der Waals surface area (Å²) < 4.78 is 0. The van der Waals surface area contributed by atoms with Crippen LogP contribution in [0.25, 0.3) is 0 Å². The van der Waals surface area contributed by atoms with Crippen LogP contribution in [0.2, 0.25) is 0 Å². The van der Waals surface area contributed by atoms with Gasteiger partial charge in [0.2, 0.25) is 0 Å². The lowest BCUT2D eigenvalue weighted by Gasteiger charge is -2.31. The zero-order chi connectivity index (χ0) is 12.3. The Hall–Kier alpha value is -0.0800. The SMILES string of the molecule is CCCCCCCCN1CCC(CCO)CC1. The lowest BCUT2D eigenvalue weighted by atomic mass is 9.94. The summed E-state index contributed by atoms with van der Waals surface area (Å²) in [6.45, 7) is 6.48. The van der Waals surface area contributed by atoms with Crippen molar-refractivity contribution in [3.8, 4) is 0 Å². The van der Waals surface area contributed by atoms with Crippen LogP contribution < -0.4 is 0 Å². The number of hydrogen-bond donors (Lipinski definition) is 1. The minimum atomic E-state index is 0.377. The molecule has 0 amide bonds. The molecule has 0 radical (unpaired) electrons. The summed E-state index contributed by atoms with van der Waals surface area (Å²) >= 11 is 0. The molecular formula is C15H31NO. The molecule has 0 spiro atoms. The molecule has 0 aromatic rings. The molecule has 0 atom stereocenters. The number of aliphatic hydroxyl groups excluding tert-OH is 1. The van der Waals surface area contributed by atoms with Gasteiger partial charge in [0.1, 0.15) is 0 Å². The van der Waals surface area contributed by atoms with Crippen molar-refractivity contribution < 1.29 is 5.11 Å². The molecule has 2 nitrogen and oxygen atoms in total. The van der Waals surface area contributed by atoms with Crippen molar-refractivity contribution in [1.29, 1.82) is 0 Å². The van der Waals surface area contributed by atoms with Crippen LogP contribution in [-0.2, 0) is 0 Å². The molecule has 0 saturated carbocycles. The summed E-state index contributed by atoms with van der Waals surface area (Å²) in [6, 6.07) is 0. The summed E-state index contributed by atoms with van der Waals surface area (Å²) in [5.74, 6) is 0.792. The minimum Gasteiger partial charge on any atom is -0.396 e. The first-order valence-corrected chi connectivity index (χ1v) is 7.70. The highest BCUT2D eigenvalue weighted by Crippen LogP contribution is 2.20. The summed E-state index contributed by atoms with van der Waals surface area (Å²) in [7, 11) is 0. The van der Waals surface area contributed by atoms with Gasteiger partial charge in [-0.1, -0.05) is 39.0 Å². The van der Waals surface area contributed by atoms with Gasteiger partial charge in [-0.2, -0.15) is 0 Å². The highest BCUT2D eigenvalue weighted by molar-refractivity contribution is 4.71. The van der Waals surface area contributed by atoms with Gasteiger partial charge in [0.15, 0.2) is 0 Å². The van der Waals surface area contributed by atoms with Gasteiger partial charge in [0, 0.05) is 6.61 Å². The molecule has 1 aliphatic rings. The van der Waals surface area contributed by atoms with E-state index in [2.05, 4.69) is 11.8 Å². The second-order valence-electron chi connectivity index (χ2n) is 5.57. The van der Waals surface area contributed by atoms with Gasteiger partial charge in [0.05, 0.1) is 0 Å². The van der Waals surface area contributed by atoms with Crippen LogP contribution in [-0.4, -0.2) is 36.2 Å². The Morgan fingerprint density at radius 1 is 1.00 bits per heavy atom. The van der Waals surface area contributed by atoms with Crippen LogP contribution in [0.4, 0.5) is 0 Å². The van der Waals surface area contributed by atoms with Crippen LogP contribution in [0.1, 0.15) is 64.7 Å². The second kappa shape index (κ2) is 9.90. The average molecular weight is 241 g/mol. The number of unbranched alkanes of at least 4 members (excludes halogenated alkanes) is 5. The fraction of sp³-hybridized carbons (Fsp3) is 1.00. The van der Waals surface area contributed by atoms with Gasteiger partial charge in [-0.25, -0.2) is 0 Å². The summed E-state index contributed by atoms with van der Waals surface area (Å²) in [5, 5.41) is 8.91. The predicted octanol–water partition coefficient (Wildman–Crippen LogP) is 3.44. The van der Waals surface area contributed by atoms with Gasteiger partial charge in [-0.05, 0) is 51.2 Å². The van der Waals surface area contributed by atoms with E-state index in [1.165, 1.54) is 71.0 Å². The molecule has 0 aliphatic carbocycles. The maximum Gasteiger partial charge on any atom is 0.0433 e. The van der Waals surface area contributed by atoms with Crippen molar-refractivity contribution in [3.05, 3.63) is 0 Å². The zero-order valence-electron chi connectivity index (χ0n) is 11.7. The smallest absolute Gasteiger partial charge is 0.0433 e. The fourth-order valence-electron chi connectivity index (χ4n) is 2.80. The van der Waals surface area contributed by atoms with E-state index < -0.39 is 0 Å². The van der Waals surface area contributed by atoms with Crippen LogP contribution in [0.5, 0.6) is 0 Å². The van der Waals surface area contributed by atoms with Gasteiger partial charge < -0.3 is 10.0 Å². The Labute approximate surface area is 107 Å². The topological polar surface area (TPSA) is 23.5 Å². The Kier molecular flexibility index (Phi) is 8.72.